The van der Waals surface area contributed by atoms with Crippen molar-refractivity contribution in [2.75, 3.05) is 13.2 Å². The van der Waals surface area contributed by atoms with Crippen LogP contribution >= 0.6 is 0 Å². The van der Waals surface area contributed by atoms with Crippen LogP contribution in [0, 0.1) is 0 Å². The Labute approximate surface area is 421 Å². The zero-order valence-electron chi connectivity index (χ0n) is 44.9. The van der Waals surface area contributed by atoms with Crippen LogP contribution in [0.3, 0.4) is 0 Å². The number of hydrogen-bond acceptors (Lipinski definition) is 6. The van der Waals surface area contributed by atoms with Gasteiger partial charge in [0.25, 0.3) is 0 Å². The highest BCUT2D eigenvalue weighted by atomic mass is 16.6. The van der Waals surface area contributed by atoms with Gasteiger partial charge in [0.15, 0.2) is 6.10 Å². The smallest absolute Gasteiger partial charge is 0.306 e. The van der Waals surface area contributed by atoms with E-state index in [0.29, 0.717) is 19.3 Å². The van der Waals surface area contributed by atoms with Crippen molar-refractivity contribution in [1.82, 2.24) is 0 Å². The van der Waals surface area contributed by atoms with Crippen molar-refractivity contribution in [3.63, 3.8) is 0 Å². The summed E-state index contributed by atoms with van der Waals surface area (Å²) in [6.07, 6.45) is 72.0. The average Bonchev–Trinajstić information content (AvgIpc) is 3.34. The molecular formula is C62H108O6. The van der Waals surface area contributed by atoms with Gasteiger partial charge in [0.2, 0.25) is 0 Å². The second kappa shape index (κ2) is 56.4. The zero-order chi connectivity index (χ0) is 49.3. The van der Waals surface area contributed by atoms with Crippen molar-refractivity contribution < 1.29 is 28.6 Å². The second-order valence-electron chi connectivity index (χ2n) is 19.2. The molecule has 6 heteroatoms. The van der Waals surface area contributed by atoms with Gasteiger partial charge in [-0.15, -0.1) is 0 Å². The predicted molar refractivity (Wildman–Crippen MR) is 293 cm³/mol. The van der Waals surface area contributed by atoms with Crippen LogP contribution in [0.4, 0.5) is 0 Å². The maximum absolute atomic E-state index is 12.8. The molecule has 0 aliphatic carbocycles. The van der Waals surface area contributed by atoms with Crippen molar-refractivity contribution in [3.05, 3.63) is 72.9 Å². The van der Waals surface area contributed by atoms with Gasteiger partial charge < -0.3 is 14.2 Å². The van der Waals surface area contributed by atoms with E-state index in [1.165, 1.54) is 141 Å². The van der Waals surface area contributed by atoms with Crippen molar-refractivity contribution >= 4 is 17.9 Å². The van der Waals surface area contributed by atoms with Crippen LogP contribution in [0.15, 0.2) is 72.9 Å². The number of unbranched alkanes of at least 4 members (excludes halogenated alkanes) is 29. The second-order valence-corrected chi connectivity index (χ2v) is 19.2. The molecule has 0 fully saturated rings. The third-order valence-corrected chi connectivity index (χ3v) is 12.5. The molecule has 0 saturated heterocycles. The van der Waals surface area contributed by atoms with Gasteiger partial charge in [-0.25, -0.2) is 0 Å². The summed E-state index contributed by atoms with van der Waals surface area (Å²) in [5.41, 5.74) is 0. The molecule has 1 atom stereocenters. The maximum Gasteiger partial charge on any atom is 0.306 e. The van der Waals surface area contributed by atoms with E-state index in [-0.39, 0.29) is 31.1 Å². The van der Waals surface area contributed by atoms with Gasteiger partial charge in [0.05, 0.1) is 0 Å². The van der Waals surface area contributed by atoms with E-state index in [4.69, 9.17) is 14.2 Å². The Morgan fingerprint density at radius 3 is 0.897 bits per heavy atom. The molecule has 0 aromatic heterocycles. The van der Waals surface area contributed by atoms with Gasteiger partial charge in [0.1, 0.15) is 13.2 Å². The Hall–Kier alpha value is -3.15. The molecule has 0 aliphatic rings. The zero-order valence-corrected chi connectivity index (χ0v) is 44.9. The summed E-state index contributed by atoms with van der Waals surface area (Å²) < 4.78 is 16.8. The molecule has 0 aromatic rings. The van der Waals surface area contributed by atoms with Crippen LogP contribution in [0.25, 0.3) is 0 Å². The van der Waals surface area contributed by atoms with Crippen molar-refractivity contribution in [3.8, 4) is 0 Å². The fourth-order valence-corrected chi connectivity index (χ4v) is 8.15. The lowest BCUT2D eigenvalue weighted by Gasteiger charge is -2.18. The SMILES string of the molecule is CC/C=C\C/C=C\C/C=C\C/C=C\C/C=C\C/C=C\CCCCCCCCCCC(=O)OCC(COC(=O)CCCCCCCCC)OC(=O)CCCCCCCCCCCCCCCCCC. The Balaban J connectivity index is 4.17. The van der Waals surface area contributed by atoms with E-state index >= 15 is 0 Å². The molecule has 0 heterocycles. The van der Waals surface area contributed by atoms with Gasteiger partial charge in [0, 0.05) is 19.3 Å². The molecule has 0 aromatic carbocycles. The molecular weight excluding hydrogens is 841 g/mol. The highest BCUT2D eigenvalue weighted by Crippen LogP contribution is 2.16. The van der Waals surface area contributed by atoms with Gasteiger partial charge in [-0.3, -0.25) is 14.4 Å². The summed E-state index contributed by atoms with van der Waals surface area (Å²) in [5, 5.41) is 0. The fraction of sp³-hybridized carbons (Fsp3) is 0.758. The molecule has 0 aliphatic heterocycles. The largest absolute Gasteiger partial charge is 0.462 e. The van der Waals surface area contributed by atoms with Gasteiger partial charge >= 0.3 is 17.9 Å². The summed E-state index contributed by atoms with van der Waals surface area (Å²) in [6.45, 7) is 6.50. The summed E-state index contributed by atoms with van der Waals surface area (Å²) in [6, 6.07) is 0. The normalized spacial score (nSPS) is 12.6. The van der Waals surface area contributed by atoms with E-state index in [0.717, 1.165) is 103 Å². The Kier molecular flexibility index (Phi) is 53.8. The van der Waals surface area contributed by atoms with E-state index in [1.807, 2.05) is 0 Å². The minimum atomic E-state index is -0.773. The number of rotatable bonds is 52. The van der Waals surface area contributed by atoms with E-state index < -0.39 is 6.10 Å². The lowest BCUT2D eigenvalue weighted by molar-refractivity contribution is -0.167. The molecule has 0 N–H and O–H groups in total. The van der Waals surface area contributed by atoms with Gasteiger partial charge in [-0.1, -0.05) is 267 Å². The monoisotopic (exact) mass is 949 g/mol. The molecule has 1 unspecified atom stereocenters. The number of carbonyl (C=O) groups is 3. The molecule has 0 amide bonds. The quantitative estimate of drug-likeness (QED) is 0.0262. The lowest BCUT2D eigenvalue weighted by Crippen LogP contribution is -2.30. The molecule has 0 radical (unpaired) electrons. The van der Waals surface area contributed by atoms with Crippen LogP contribution in [0.5, 0.6) is 0 Å². The van der Waals surface area contributed by atoms with Crippen molar-refractivity contribution in [1.29, 1.82) is 0 Å². The first-order valence-corrected chi connectivity index (χ1v) is 28.9. The summed E-state index contributed by atoms with van der Waals surface area (Å²) in [7, 11) is 0. The van der Waals surface area contributed by atoms with Crippen LogP contribution in [0.1, 0.15) is 284 Å². The molecule has 0 bridgehead atoms. The van der Waals surface area contributed by atoms with E-state index in [2.05, 4.69) is 93.7 Å². The number of allylic oxidation sites excluding steroid dienone is 12. The van der Waals surface area contributed by atoms with Crippen molar-refractivity contribution in [2.45, 2.75) is 290 Å². The number of esters is 3. The van der Waals surface area contributed by atoms with Crippen LogP contribution in [-0.4, -0.2) is 37.2 Å². The Morgan fingerprint density at radius 1 is 0.309 bits per heavy atom. The lowest BCUT2D eigenvalue weighted by atomic mass is 10.0. The van der Waals surface area contributed by atoms with E-state index in [9.17, 15) is 14.4 Å². The standard InChI is InChI=1S/C62H108O6/c1-4-7-10-13-16-18-20-22-24-26-27-28-29-30-31-32-33-34-35-36-38-39-41-43-46-49-52-55-61(64)67-58-59(57-66-60(63)54-51-48-45-15-12-9-6-3)68-62(65)56-53-50-47-44-42-40-37-25-23-21-19-17-14-11-8-5-2/h7,10,16,18,22,24,27-28,30-31,33-34,59H,4-6,8-9,11-15,17,19-21,23,25-26,29,32,35-58H2,1-3H3/b10-7-,18-16-,24-22-,28-27-,31-30-,34-33-. The highest BCUT2D eigenvalue weighted by Gasteiger charge is 2.19. The number of hydrogen-bond donors (Lipinski definition) is 0. The molecule has 0 spiro atoms. The summed E-state index contributed by atoms with van der Waals surface area (Å²) >= 11 is 0. The predicted octanol–water partition coefficient (Wildman–Crippen LogP) is 19.4. The summed E-state index contributed by atoms with van der Waals surface area (Å²) in [4.78, 5) is 37.9. The highest BCUT2D eigenvalue weighted by molar-refractivity contribution is 5.71. The first-order chi connectivity index (χ1) is 33.5. The average molecular weight is 950 g/mol. The maximum atomic E-state index is 12.8. The Bertz CT molecular complexity index is 1270. The first-order valence-electron chi connectivity index (χ1n) is 28.9. The number of ether oxygens (including phenoxy) is 3. The minimum absolute atomic E-state index is 0.0747. The third-order valence-electron chi connectivity index (χ3n) is 12.5. The molecule has 68 heavy (non-hydrogen) atoms. The first kappa shape index (κ1) is 64.8. The topological polar surface area (TPSA) is 78.9 Å². The number of carbonyl (C=O) groups excluding carboxylic acids is 3. The third kappa shape index (κ3) is 53.8. The van der Waals surface area contributed by atoms with Gasteiger partial charge in [-0.05, 0) is 70.6 Å². The van der Waals surface area contributed by atoms with Crippen LogP contribution < -0.4 is 0 Å². The Morgan fingerprint density at radius 2 is 0.574 bits per heavy atom. The summed E-state index contributed by atoms with van der Waals surface area (Å²) in [5.74, 6) is -0.880. The molecule has 0 rings (SSSR count). The molecule has 6 nitrogen and oxygen atoms in total. The fourth-order valence-electron chi connectivity index (χ4n) is 8.15. The van der Waals surface area contributed by atoms with Gasteiger partial charge in [-0.2, -0.15) is 0 Å². The molecule has 392 valence electrons. The van der Waals surface area contributed by atoms with Crippen molar-refractivity contribution in [2.24, 2.45) is 0 Å². The minimum Gasteiger partial charge on any atom is -0.462 e. The van der Waals surface area contributed by atoms with Crippen LogP contribution in [-0.2, 0) is 28.6 Å². The molecule has 0 saturated carbocycles. The van der Waals surface area contributed by atoms with E-state index in [1.54, 1.807) is 0 Å². The van der Waals surface area contributed by atoms with Crippen LogP contribution in [0.2, 0.25) is 0 Å².